The Hall–Kier alpha value is -5.30. The molecule has 1 aliphatic rings. The number of benzene rings is 4. The number of amides is 2. The zero-order valence-electron chi connectivity index (χ0n) is 27.4. The molecule has 9 heteroatoms. The van der Waals surface area contributed by atoms with Gasteiger partial charge in [-0.2, -0.15) is 8.42 Å². The second kappa shape index (κ2) is 15.7. The number of aryl methyl sites for hydroxylation is 2. The summed E-state index contributed by atoms with van der Waals surface area (Å²) in [4.78, 5) is 43.7. The van der Waals surface area contributed by atoms with Crippen LogP contribution in [0.15, 0.2) is 109 Å². The van der Waals surface area contributed by atoms with Crippen molar-refractivity contribution in [3.8, 4) is 11.8 Å². The molecule has 49 heavy (non-hydrogen) atoms. The maximum atomic E-state index is 13.8. The zero-order chi connectivity index (χ0) is 35.0. The number of fused-ring (bicyclic) bond motifs is 2. The first kappa shape index (κ1) is 35.0. The molecule has 0 aromatic heterocycles. The number of rotatable bonds is 13. The van der Waals surface area contributed by atoms with Gasteiger partial charge in [-0.05, 0) is 73.2 Å². The third-order valence-electron chi connectivity index (χ3n) is 8.44. The number of nitrogens with zero attached hydrogens (tertiary/aromatic N) is 2. The molecule has 8 nitrogen and oxygen atoms in total. The third-order valence-corrected chi connectivity index (χ3v) is 9.24. The predicted molar refractivity (Wildman–Crippen MR) is 191 cm³/mol. The summed E-state index contributed by atoms with van der Waals surface area (Å²) in [6, 6.07) is 29.4. The van der Waals surface area contributed by atoms with Crippen molar-refractivity contribution in [1.82, 2.24) is 4.90 Å². The van der Waals surface area contributed by atoms with Crippen LogP contribution < -0.4 is 4.90 Å². The number of anilines is 1. The van der Waals surface area contributed by atoms with Crippen LogP contribution in [0, 0.1) is 18.8 Å². The topological polar surface area (TPSA) is 112 Å². The Kier molecular flexibility index (Phi) is 11.2. The SMILES string of the molecule is C=C(CCc1ccc(C)cc1)C(=O)c1ccc(C(=O)N(CCCS(=O)(=O)O)CCC(=O)N2Cc3ccccc3C#Cc3ccccc32)cc1. The molecule has 0 saturated carbocycles. The fourth-order valence-electron chi connectivity index (χ4n) is 5.64. The van der Waals surface area contributed by atoms with E-state index in [0.717, 1.165) is 22.3 Å². The summed E-state index contributed by atoms with van der Waals surface area (Å²) in [5.41, 5.74) is 6.52. The van der Waals surface area contributed by atoms with Crippen LogP contribution in [-0.4, -0.2) is 54.3 Å². The largest absolute Gasteiger partial charge is 0.338 e. The molecular formula is C40H38N2O6S. The summed E-state index contributed by atoms with van der Waals surface area (Å²) >= 11 is 0. The third kappa shape index (κ3) is 9.41. The molecule has 0 spiro atoms. The standard InChI is InChI=1S/C40H38N2O6S/c1-29-12-15-31(16-13-29)17-14-30(2)39(44)34-20-22-35(23-21-34)40(45)41(25-7-27-49(46,47)48)26-24-38(43)42-28-36-10-4-3-8-32(36)18-19-33-9-5-6-11-37(33)42/h3-6,8-13,15-16,20-23H,2,7,14,17,24-28H2,1H3,(H,46,47,48). The number of allylic oxidation sites excluding steroid dienone is 1. The van der Waals surface area contributed by atoms with E-state index in [4.69, 9.17) is 0 Å². The van der Waals surface area contributed by atoms with Crippen LogP contribution >= 0.6 is 0 Å². The molecule has 0 bridgehead atoms. The van der Waals surface area contributed by atoms with Crippen LogP contribution in [0.1, 0.15) is 67.8 Å². The Morgan fingerprint density at radius 1 is 0.816 bits per heavy atom. The van der Waals surface area contributed by atoms with Crippen molar-refractivity contribution in [2.45, 2.75) is 39.2 Å². The average molecular weight is 675 g/mol. The van der Waals surface area contributed by atoms with E-state index in [9.17, 15) is 27.4 Å². The molecule has 1 heterocycles. The first-order valence-corrected chi connectivity index (χ1v) is 17.7. The minimum absolute atomic E-state index is 0.00559. The molecule has 1 aliphatic heterocycles. The fourth-order valence-corrected chi connectivity index (χ4v) is 6.13. The van der Waals surface area contributed by atoms with Crippen molar-refractivity contribution in [3.63, 3.8) is 0 Å². The normalized spacial score (nSPS) is 12.0. The highest BCUT2D eigenvalue weighted by molar-refractivity contribution is 7.85. The molecule has 1 N–H and O–H groups in total. The van der Waals surface area contributed by atoms with Gasteiger partial charge in [-0.3, -0.25) is 18.9 Å². The van der Waals surface area contributed by atoms with Crippen molar-refractivity contribution < 1.29 is 27.4 Å². The molecule has 0 atom stereocenters. The van der Waals surface area contributed by atoms with E-state index in [-0.39, 0.29) is 43.2 Å². The molecule has 5 rings (SSSR count). The van der Waals surface area contributed by atoms with Gasteiger partial charge in [0, 0.05) is 41.8 Å². The molecule has 0 fully saturated rings. The number of Topliss-reactive ketones (excluding diaryl/α,β-unsaturated/α-hetero) is 1. The van der Waals surface area contributed by atoms with Crippen LogP contribution in [0.5, 0.6) is 0 Å². The van der Waals surface area contributed by atoms with Gasteiger partial charge < -0.3 is 9.80 Å². The van der Waals surface area contributed by atoms with E-state index < -0.39 is 21.8 Å². The first-order chi connectivity index (χ1) is 23.5. The van der Waals surface area contributed by atoms with Crippen LogP contribution in [0.25, 0.3) is 0 Å². The van der Waals surface area contributed by atoms with Gasteiger partial charge in [0.2, 0.25) is 5.91 Å². The maximum Gasteiger partial charge on any atom is 0.264 e. The number of para-hydroxylation sites is 1. The van der Waals surface area contributed by atoms with Gasteiger partial charge in [0.1, 0.15) is 0 Å². The Morgan fingerprint density at radius 2 is 1.45 bits per heavy atom. The molecule has 4 aromatic rings. The van der Waals surface area contributed by atoms with Crippen molar-refractivity contribution in [2.24, 2.45) is 0 Å². The number of ketones is 1. The molecule has 2 amide bonds. The minimum Gasteiger partial charge on any atom is -0.338 e. The van der Waals surface area contributed by atoms with E-state index in [1.165, 1.54) is 4.90 Å². The van der Waals surface area contributed by atoms with Crippen LogP contribution in [-0.2, 0) is 27.9 Å². The smallest absolute Gasteiger partial charge is 0.264 e. The van der Waals surface area contributed by atoms with E-state index in [1.807, 2.05) is 79.7 Å². The maximum absolute atomic E-state index is 13.8. The van der Waals surface area contributed by atoms with Gasteiger partial charge >= 0.3 is 0 Å². The van der Waals surface area contributed by atoms with Crippen LogP contribution in [0.3, 0.4) is 0 Å². The van der Waals surface area contributed by atoms with Crippen LogP contribution in [0.4, 0.5) is 5.69 Å². The van der Waals surface area contributed by atoms with Crippen molar-refractivity contribution in [1.29, 1.82) is 0 Å². The molecule has 0 radical (unpaired) electrons. The first-order valence-electron chi connectivity index (χ1n) is 16.1. The summed E-state index contributed by atoms with van der Waals surface area (Å²) in [6.45, 7) is 6.30. The number of carbonyl (C=O) groups is 3. The Bertz CT molecular complexity index is 2040. The highest BCUT2D eigenvalue weighted by atomic mass is 32.2. The number of carbonyl (C=O) groups excluding carboxylic acids is 3. The lowest BCUT2D eigenvalue weighted by Gasteiger charge is -2.28. The van der Waals surface area contributed by atoms with Gasteiger partial charge in [0.15, 0.2) is 5.78 Å². The highest BCUT2D eigenvalue weighted by Gasteiger charge is 2.24. The molecule has 250 valence electrons. The lowest BCUT2D eigenvalue weighted by molar-refractivity contribution is -0.119. The zero-order valence-corrected chi connectivity index (χ0v) is 28.2. The number of hydrogen-bond acceptors (Lipinski definition) is 5. The second-order valence-corrected chi connectivity index (χ2v) is 13.7. The molecule has 0 unspecified atom stereocenters. The molecule has 4 aromatic carbocycles. The average Bonchev–Trinajstić information content (AvgIpc) is 3.09. The van der Waals surface area contributed by atoms with E-state index in [2.05, 4.69) is 18.4 Å². The van der Waals surface area contributed by atoms with Gasteiger partial charge in [-0.15, -0.1) is 0 Å². The van der Waals surface area contributed by atoms with Gasteiger partial charge in [-0.1, -0.05) is 90.7 Å². The fraction of sp³-hybridized carbons (Fsp3) is 0.225. The summed E-state index contributed by atoms with van der Waals surface area (Å²) in [5.74, 6) is 4.97. The van der Waals surface area contributed by atoms with Gasteiger partial charge in [-0.25, -0.2) is 0 Å². The summed E-state index contributed by atoms with van der Waals surface area (Å²) in [5, 5.41) is 0. The lowest BCUT2D eigenvalue weighted by atomic mass is 9.97. The quantitative estimate of drug-likeness (QED) is 0.0758. The lowest BCUT2D eigenvalue weighted by Crippen LogP contribution is -2.38. The van der Waals surface area contributed by atoms with Crippen molar-refractivity contribution >= 4 is 33.4 Å². The summed E-state index contributed by atoms with van der Waals surface area (Å²) < 4.78 is 32.2. The molecular weight excluding hydrogens is 637 g/mol. The summed E-state index contributed by atoms with van der Waals surface area (Å²) in [7, 11) is -4.25. The van der Waals surface area contributed by atoms with E-state index >= 15 is 0 Å². The molecule has 0 aliphatic carbocycles. The molecule has 0 saturated heterocycles. The van der Waals surface area contributed by atoms with Gasteiger partial charge in [0.25, 0.3) is 16.0 Å². The van der Waals surface area contributed by atoms with E-state index in [0.29, 0.717) is 41.8 Å². The Labute approximate surface area is 287 Å². The Morgan fingerprint density at radius 3 is 2.16 bits per heavy atom. The van der Waals surface area contributed by atoms with Crippen LogP contribution in [0.2, 0.25) is 0 Å². The second-order valence-electron chi connectivity index (χ2n) is 12.1. The highest BCUT2D eigenvalue weighted by Crippen LogP contribution is 2.26. The van der Waals surface area contributed by atoms with Gasteiger partial charge in [0.05, 0.1) is 18.0 Å². The summed E-state index contributed by atoms with van der Waals surface area (Å²) in [6.07, 6.45) is 1.12. The predicted octanol–water partition coefficient (Wildman–Crippen LogP) is 6.42. The van der Waals surface area contributed by atoms with Crippen molar-refractivity contribution in [3.05, 3.63) is 148 Å². The van der Waals surface area contributed by atoms with Crippen molar-refractivity contribution in [2.75, 3.05) is 23.7 Å². The van der Waals surface area contributed by atoms with E-state index in [1.54, 1.807) is 29.2 Å². The Balaban J connectivity index is 1.29. The number of hydrogen-bond donors (Lipinski definition) is 1. The minimum atomic E-state index is -4.25. The monoisotopic (exact) mass is 674 g/mol.